The van der Waals surface area contributed by atoms with E-state index in [1.54, 1.807) is 6.08 Å². The Morgan fingerprint density at radius 2 is 1.89 bits per heavy atom. The van der Waals surface area contributed by atoms with E-state index in [2.05, 4.69) is 27.1 Å². The van der Waals surface area contributed by atoms with E-state index in [1.165, 1.54) is 29.7 Å². The van der Waals surface area contributed by atoms with Crippen molar-refractivity contribution in [3.63, 3.8) is 0 Å². The highest BCUT2D eigenvalue weighted by atomic mass is 127. The average Bonchev–Trinajstić information content (AvgIpc) is 3.21. The first kappa shape index (κ1) is 26.8. The van der Waals surface area contributed by atoms with Gasteiger partial charge in [-0.25, -0.2) is 13.2 Å². The molecule has 0 aliphatic heterocycles. The van der Waals surface area contributed by atoms with Gasteiger partial charge in [0.15, 0.2) is 0 Å². The molecule has 9 heteroatoms. The molecule has 1 unspecified atom stereocenters. The van der Waals surface area contributed by atoms with Gasteiger partial charge in [0.05, 0.1) is 6.61 Å². The van der Waals surface area contributed by atoms with Crippen LogP contribution in [0.15, 0.2) is 60.7 Å². The zero-order valence-electron chi connectivity index (χ0n) is 19.2. The molecule has 0 bridgehead atoms. The van der Waals surface area contributed by atoms with Gasteiger partial charge in [0, 0.05) is 51.5 Å². The second-order valence-corrected chi connectivity index (χ2v) is 11.3. The molecule has 4 aromatic rings. The highest BCUT2D eigenvalue weighted by molar-refractivity contribution is 14.2. The molecular weight excluding hydrogens is 615 g/mol. The summed E-state index contributed by atoms with van der Waals surface area (Å²) in [5.41, 5.74) is 4.23. The average molecular weight is 638 g/mol. The number of thiophene rings is 1. The van der Waals surface area contributed by atoms with E-state index in [0.29, 0.717) is 28.8 Å². The van der Waals surface area contributed by atoms with Crippen LogP contribution in [0.25, 0.3) is 26.6 Å². The zero-order chi connectivity index (χ0) is 25.9. The third kappa shape index (κ3) is 5.67. The van der Waals surface area contributed by atoms with Crippen LogP contribution in [0.5, 0.6) is 0 Å². The maximum Gasteiger partial charge on any atom is 0.271 e. The van der Waals surface area contributed by atoms with Crippen LogP contribution in [-0.2, 0) is 12.3 Å². The van der Waals surface area contributed by atoms with Crippen molar-refractivity contribution in [1.82, 2.24) is 0 Å². The van der Waals surface area contributed by atoms with E-state index in [4.69, 9.17) is 10.5 Å². The van der Waals surface area contributed by atoms with Crippen molar-refractivity contribution in [1.29, 1.82) is 5.41 Å². The summed E-state index contributed by atoms with van der Waals surface area (Å²) < 4.78 is 44.1. The fourth-order valence-electron chi connectivity index (χ4n) is 4.15. The molecule has 0 saturated carbocycles. The summed E-state index contributed by atoms with van der Waals surface area (Å²) in [6, 6.07) is 15.2. The largest absolute Gasteiger partial charge is 0.392 e. The molecule has 3 nitrogen and oxygen atoms in total. The van der Waals surface area contributed by atoms with Gasteiger partial charge in [-0.2, -0.15) is 0 Å². The highest BCUT2D eigenvalue weighted by Crippen LogP contribution is 2.46. The number of aliphatic hydroxyl groups is 1. The van der Waals surface area contributed by atoms with Gasteiger partial charge in [0.1, 0.15) is 5.82 Å². The van der Waals surface area contributed by atoms with Gasteiger partial charge in [-0.15, -0.1) is 11.3 Å². The predicted molar refractivity (Wildman–Crippen MR) is 156 cm³/mol. The lowest BCUT2D eigenvalue weighted by molar-refractivity contribution is 0.0178. The summed E-state index contributed by atoms with van der Waals surface area (Å²) in [5, 5.41) is 21.2. The summed E-state index contributed by atoms with van der Waals surface area (Å²) in [7, 11) is 0. The smallest absolute Gasteiger partial charge is 0.271 e. The summed E-state index contributed by atoms with van der Waals surface area (Å²) >= 11 is 3.57. The van der Waals surface area contributed by atoms with Crippen molar-refractivity contribution in [2.45, 2.75) is 19.3 Å². The SMILES string of the molecule is CC(F)(F)c1cc(F)ccc1-c1sc2c(C=N)c(NPI)ccc2c1Cc1ccc(/C=C/CO)cc1. The summed E-state index contributed by atoms with van der Waals surface area (Å²) in [4.78, 5) is 0.642. The van der Waals surface area contributed by atoms with Crippen LogP contribution in [0.4, 0.5) is 18.9 Å². The Labute approximate surface area is 226 Å². The maximum absolute atomic E-state index is 14.6. The van der Waals surface area contributed by atoms with E-state index in [0.717, 1.165) is 45.5 Å². The lowest BCUT2D eigenvalue weighted by atomic mass is 9.94. The van der Waals surface area contributed by atoms with Gasteiger partial charge in [-0.05, 0) is 68.7 Å². The van der Waals surface area contributed by atoms with Gasteiger partial charge in [0.25, 0.3) is 5.92 Å². The molecule has 1 aromatic heterocycles. The molecule has 0 amide bonds. The predicted octanol–water partition coefficient (Wildman–Crippen LogP) is 8.77. The van der Waals surface area contributed by atoms with Crippen LogP contribution in [0.2, 0.25) is 0 Å². The van der Waals surface area contributed by atoms with Crippen molar-refractivity contribution >= 4 is 67.8 Å². The van der Waals surface area contributed by atoms with Crippen LogP contribution in [0.3, 0.4) is 0 Å². The van der Waals surface area contributed by atoms with E-state index < -0.39 is 11.7 Å². The van der Waals surface area contributed by atoms with Gasteiger partial charge < -0.3 is 15.6 Å². The molecule has 0 aliphatic rings. The van der Waals surface area contributed by atoms with Gasteiger partial charge in [0.2, 0.25) is 0 Å². The molecule has 3 N–H and O–H groups in total. The van der Waals surface area contributed by atoms with Crippen LogP contribution >= 0.6 is 39.8 Å². The van der Waals surface area contributed by atoms with Crippen molar-refractivity contribution in [3.05, 3.63) is 94.3 Å². The lowest BCUT2D eigenvalue weighted by Gasteiger charge is -2.16. The minimum atomic E-state index is -3.23. The Kier molecular flexibility index (Phi) is 8.50. The highest BCUT2D eigenvalue weighted by Gasteiger charge is 2.30. The number of fused-ring (bicyclic) bond motifs is 1. The molecule has 4 rings (SSSR count). The van der Waals surface area contributed by atoms with Crippen molar-refractivity contribution in [3.8, 4) is 10.4 Å². The number of anilines is 1. The molecule has 0 saturated heterocycles. The summed E-state index contributed by atoms with van der Waals surface area (Å²) in [5.74, 6) is -3.94. The van der Waals surface area contributed by atoms with Crippen LogP contribution in [0, 0.1) is 11.2 Å². The minimum Gasteiger partial charge on any atom is -0.392 e. The van der Waals surface area contributed by atoms with Gasteiger partial charge in [-0.3, -0.25) is 0 Å². The third-order valence-corrected chi connectivity index (χ3v) is 8.29. The Morgan fingerprint density at radius 1 is 1.14 bits per heavy atom. The molecular formula is C27H23F3IN2OPS. The molecule has 186 valence electrons. The fraction of sp³-hybridized carbons (Fsp3) is 0.148. The van der Waals surface area contributed by atoms with E-state index in [1.807, 2.05) is 42.5 Å². The molecule has 3 aromatic carbocycles. The lowest BCUT2D eigenvalue weighted by Crippen LogP contribution is -2.09. The number of benzene rings is 3. The molecule has 0 spiro atoms. The number of rotatable bonds is 9. The second kappa shape index (κ2) is 11.4. The molecule has 0 radical (unpaired) electrons. The van der Waals surface area contributed by atoms with Crippen LogP contribution < -0.4 is 5.09 Å². The normalized spacial score (nSPS) is 12.3. The second-order valence-electron chi connectivity index (χ2n) is 8.26. The van der Waals surface area contributed by atoms with Crippen LogP contribution in [-0.4, -0.2) is 17.9 Å². The first-order valence-corrected chi connectivity index (χ1v) is 15.9. The van der Waals surface area contributed by atoms with Crippen molar-refractivity contribution < 1.29 is 18.3 Å². The third-order valence-electron chi connectivity index (χ3n) is 5.80. The zero-order valence-corrected chi connectivity index (χ0v) is 23.2. The molecule has 0 fully saturated rings. The topological polar surface area (TPSA) is 56.1 Å². The van der Waals surface area contributed by atoms with E-state index >= 15 is 0 Å². The number of aliphatic hydroxyl groups excluding tert-OH is 1. The quantitative estimate of drug-likeness (QED) is 0.0976. The van der Waals surface area contributed by atoms with E-state index in [9.17, 15) is 13.2 Å². The van der Waals surface area contributed by atoms with Crippen molar-refractivity contribution in [2.75, 3.05) is 11.7 Å². The monoisotopic (exact) mass is 638 g/mol. The number of nitrogens with one attached hydrogen (secondary N) is 2. The Hall–Kier alpha value is -2.26. The molecule has 0 aliphatic carbocycles. The Morgan fingerprint density at radius 3 is 2.53 bits per heavy atom. The van der Waals surface area contributed by atoms with E-state index in [-0.39, 0.29) is 12.2 Å². The van der Waals surface area contributed by atoms with Gasteiger partial charge >= 0.3 is 0 Å². The molecule has 36 heavy (non-hydrogen) atoms. The Balaban J connectivity index is 1.95. The number of alkyl halides is 2. The minimum absolute atomic E-state index is 0.0433. The first-order valence-electron chi connectivity index (χ1n) is 11.0. The summed E-state index contributed by atoms with van der Waals surface area (Å²) in [6.07, 6.45) is 5.64. The van der Waals surface area contributed by atoms with Crippen LogP contribution in [0.1, 0.15) is 34.7 Å². The number of halogens is 4. The van der Waals surface area contributed by atoms with Crippen molar-refractivity contribution in [2.24, 2.45) is 0 Å². The fourth-order valence-corrected chi connectivity index (χ4v) is 6.72. The number of hydrogen-bond acceptors (Lipinski definition) is 4. The molecule has 1 heterocycles. The standard InChI is InChI=1S/C27H23F3IN2OPS/c1-27(29,30)23-14-18(28)8-9-20(23)26-21(13-17-6-4-16(5-7-17)3-2-12-34)19-10-11-24(33-35-31)22(15-32)25(19)36-26/h2-11,14-15,32-35H,12-13H2,1H3/b3-2+,32-15?. The maximum atomic E-state index is 14.6. The Bertz CT molecular complexity index is 1430. The summed E-state index contributed by atoms with van der Waals surface area (Å²) in [6.45, 7) is 0.738. The number of hydrogen-bond donors (Lipinski definition) is 3. The van der Waals surface area contributed by atoms with Gasteiger partial charge in [-0.1, -0.05) is 48.6 Å². The first-order chi connectivity index (χ1) is 17.3. The molecule has 1 atom stereocenters.